The predicted molar refractivity (Wildman–Crippen MR) is 56.2 cm³/mol. The van der Waals surface area contributed by atoms with Gasteiger partial charge in [-0.2, -0.15) is 0 Å². The molecule has 0 aliphatic heterocycles. The third-order valence-electron chi connectivity index (χ3n) is 2.14. The maximum atomic E-state index is 9.53. The van der Waals surface area contributed by atoms with E-state index >= 15 is 0 Å². The van der Waals surface area contributed by atoms with Crippen LogP contribution in [0.25, 0.3) is 0 Å². The van der Waals surface area contributed by atoms with Crippen LogP contribution in [0.3, 0.4) is 0 Å². The van der Waals surface area contributed by atoms with Crippen LogP contribution >= 0.6 is 0 Å². The fourth-order valence-corrected chi connectivity index (χ4v) is 1.47. The lowest BCUT2D eigenvalue weighted by molar-refractivity contribution is 0.435. The molecule has 0 saturated heterocycles. The van der Waals surface area contributed by atoms with Gasteiger partial charge in [0.1, 0.15) is 11.5 Å². The molecule has 1 aromatic rings. The SMILES string of the molecule is CC(C)C[C@H](N)c1cc(O)ccc1O. The molecule has 0 bridgehead atoms. The van der Waals surface area contributed by atoms with Gasteiger partial charge in [0.2, 0.25) is 0 Å². The monoisotopic (exact) mass is 195 g/mol. The van der Waals surface area contributed by atoms with Gasteiger partial charge in [0.15, 0.2) is 0 Å². The Bertz CT molecular complexity index is 310. The third-order valence-corrected chi connectivity index (χ3v) is 2.14. The molecule has 1 rings (SSSR count). The van der Waals surface area contributed by atoms with Crippen molar-refractivity contribution in [3.05, 3.63) is 23.8 Å². The smallest absolute Gasteiger partial charge is 0.120 e. The highest BCUT2D eigenvalue weighted by Gasteiger charge is 2.12. The zero-order valence-electron chi connectivity index (χ0n) is 8.57. The lowest BCUT2D eigenvalue weighted by atomic mass is 9.97. The van der Waals surface area contributed by atoms with Crippen LogP contribution in [0.1, 0.15) is 31.9 Å². The maximum absolute atomic E-state index is 9.53. The highest BCUT2D eigenvalue weighted by molar-refractivity contribution is 5.40. The first kappa shape index (κ1) is 10.9. The number of aromatic hydroxyl groups is 2. The zero-order chi connectivity index (χ0) is 10.7. The molecule has 0 heterocycles. The average molecular weight is 195 g/mol. The highest BCUT2D eigenvalue weighted by Crippen LogP contribution is 2.29. The predicted octanol–water partition coefficient (Wildman–Crippen LogP) is 2.14. The number of benzene rings is 1. The number of nitrogens with two attached hydrogens (primary N) is 1. The molecule has 0 aliphatic rings. The van der Waals surface area contributed by atoms with Gasteiger partial charge < -0.3 is 15.9 Å². The lowest BCUT2D eigenvalue weighted by Crippen LogP contribution is -2.12. The van der Waals surface area contributed by atoms with Crippen LogP contribution in [0.5, 0.6) is 11.5 Å². The van der Waals surface area contributed by atoms with E-state index in [-0.39, 0.29) is 17.5 Å². The van der Waals surface area contributed by atoms with Crippen LogP contribution in [0.2, 0.25) is 0 Å². The van der Waals surface area contributed by atoms with Gasteiger partial charge in [-0.25, -0.2) is 0 Å². The van der Waals surface area contributed by atoms with Crippen LogP contribution in [0, 0.1) is 5.92 Å². The van der Waals surface area contributed by atoms with Crippen molar-refractivity contribution in [2.75, 3.05) is 0 Å². The van der Waals surface area contributed by atoms with E-state index in [0.717, 1.165) is 6.42 Å². The van der Waals surface area contributed by atoms with Gasteiger partial charge in [0, 0.05) is 11.6 Å². The van der Waals surface area contributed by atoms with Gasteiger partial charge >= 0.3 is 0 Å². The standard InChI is InChI=1S/C11H17NO2/c1-7(2)5-10(12)9-6-8(13)3-4-11(9)14/h3-4,6-7,10,13-14H,5,12H2,1-2H3/t10-/m0/s1. The summed E-state index contributed by atoms with van der Waals surface area (Å²) in [6.07, 6.45) is 0.789. The Morgan fingerprint density at radius 3 is 2.50 bits per heavy atom. The number of hydrogen-bond acceptors (Lipinski definition) is 3. The van der Waals surface area contributed by atoms with Gasteiger partial charge in [-0.1, -0.05) is 13.8 Å². The van der Waals surface area contributed by atoms with Gasteiger partial charge in [-0.15, -0.1) is 0 Å². The Hall–Kier alpha value is -1.22. The Labute approximate surface area is 84.2 Å². The molecule has 0 spiro atoms. The van der Waals surface area contributed by atoms with Crippen molar-refractivity contribution >= 4 is 0 Å². The second kappa shape index (κ2) is 4.33. The molecular formula is C11H17NO2. The number of rotatable bonds is 3. The molecule has 0 radical (unpaired) electrons. The first-order valence-electron chi connectivity index (χ1n) is 4.78. The molecule has 0 fully saturated rings. The maximum Gasteiger partial charge on any atom is 0.120 e. The van der Waals surface area contributed by atoms with Gasteiger partial charge in [-0.3, -0.25) is 0 Å². The summed E-state index contributed by atoms with van der Waals surface area (Å²) in [6.45, 7) is 4.14. The van der Waals surface area contributed by atoms with E-state index in [9.17, 15) is 10.2 Å². The molecular weight excluding hydrogens is 178 g/mol. The van der Waals surface area contributed by atoms with Crippen LogP contribution in [-0.4, -0.2) is 10.2 Å². The molecule has 0 aliphatic carbocycles. The summed E-state index contributed by atoms with van der Waals surface area (Å²) >= 11 is 0. The normalized spacial score (nSPS) is 13.1. The summed E-state index contributed by atoms with van der Waals surface area (Å²) in [5.74, 6) is 0.750. The summed E-state index contributed by atoms with van der Waals surface area (Å²) < 4.78 is 0. The Morgan fingerprint density at radius 2 is 1.93 bits per heavy atom. The van der Waals surface area contributed by atoms with Crippen LogP contribution < -0.4 is 5.73 Å². The second-order valence-electron chi connectivity index (χ2n) is 3.98. The van der Waals surface area contributed by atoms with Crippen molar-refractivity contribution in [1.82, 2.24) is 0 Å². The molecule has 1 aromatic carbocycles. The lowest BCUT2D eigenvalue weighted by Gasteiger charge is -2.15. The minimum Gasteiger partial charge on any atom is -0.508 e. The Morgan fingerprint density at radius 1 is 1.29 bits per heavy atom. The van der Waals surface area contributed by atoms with Gasteiger partial charge in [-0.05, 0) is 30.5 Å². The summed E-state index contributed by atoms with van der Waals surface area (Å²) in [4.78, 5) is 0. The largest absolute Gasteiger partial charge is 0.508 e. The number of phenols is 2. The minimum atomic E-state index is -0.220. The van der Waals surface area contributed by atoms with E-state index in [1.165, 1.54) is 18.2 Å². The fourth-order valence-electron chi connectivity index (χ4n) is 1.47. The molecule has 0 aromatic heterocycles. The molecule has 78 valence electrons. The number of hydrogen-bond donors (Lipinski definition) is 3. The Balaban J connectivity index is 2.88. The topological polar surface area (TPSA) is 66.5 Å². The van der Waals surface area contributed by atoms with Gasteiger partial charge in [0.05, 0.1) is 0 Å². The average Bonchev–Trinajstić information content (AvgIpc) is 2.08. The van der Waals surface area contributed by atoms with Gasteiger partial charge in [0.25, 0.3) is 0 Å². The van der Waals surface area contributed by atoms with E-state index in [1.807, 2.05) is 0 Å². The van der Waals surface area contributed by atoms with Crippen molar-refractivity contribution in [1.29, 1.82) is 0 Å². The van der Waals surface area contributed by atoms with E-state index < -0.39 is 0 Å². The fraction of sp³-hybridized carbons (Fsp3) is 0.455. The van der Waals surface area contributed by atoms with Crippen molar-refractivity contribution < 1.29 is 10.2 Å². The second-order valence-corrected chi connectivity index (χ2v) is 3.98. The van der Waals surface area contributed by atoms with Crippen molar-refractivity contribution in [2.24, 2.45) is 11.7 Å². The molecule has 0 saturated carbocycles. The first-order chi connectivity index (χ1) is 6.50. The first-order valence-corrected chi connectivity index (χ1v) is 4.78. The van der Waals surface area contributed by atoms with Crippen molar-refractivity contribution in [2.45, 2.75) is 26.3 Å². The van der Waals surface area contributed by atoms with Crippen LogP contribution in [0.4, 0.5) is 0 Å². The van der Waals surface area contributed by atoms with Crippen LogP contribution in [0.15, 0.2) is 18.2 Å². The zero-order valence-corrected chi connectivity index (χ0v) is 8.57. The quantitative estimate of drug-likeness (QED) is 0.647. The third kappa shape index (κ3) is 2.64. The molecule has 4 N–H and O–H groups in total. The summed E-state index contributed by atoms with van der Waals surface area (Å²) in [5, 5.41) is 18.8. The van der Waals surface area contributed by atoms with Crippen molar-refractivity contribution in [3.63, 3.8) is 0 Å². The molecule has 0 unspecified atom stereocenters. The molecule has 1 atom stereocenters. The molecule has 14 heavy (non-hydrogen) atoms. The summed E-state index contributed by atoms with van der Waals surface area (Å²) in [7, 11) is 0. The van der Waals surface area contributed by atoms with E-state index in [4.69, 9.17) is 5.73 Å². The minimum absolute atomic E-state index is 0.136. The number of phenolic OH excluding ortho intramolecular Hbond substituents is 2. The molecule has 3 nitrogen and oxygen atoms in total. The van der Waals surface area contributed by atoms with E-state index in [2.05, 4.69) is 13.8 Å². The highest BCUT2D eigenvalue weighted by atomic mass is 16.3. The van der Waals surface area contributed by atoms with Crippen molar-refractivity contribution in [3.8, 4) is 11.5 Å². The molecule has 0 amide bonds. The molecule has 3 heteroatoms. The Kier molecular flexibility index (Phi) is 3.36. The van der Waals surface area contributed by atoms with E-state index in [0.29, 0.717) is 11.5 Å². The van der Waals surface area contributed by atoms with E-state index in [1.54, 1.807) is 0 Å². The summed E-state index contributed by atoms with van der Waals surface area (Å²) in [6, 6.07) is 4.20. The van der Waals surface area contributed by atoms with Crippen LogP contribution in [-0.2, 0) is 0 Å². The summed E-state index contributed by atoms with van der Waals surface area (Å²) in [5.41, 5.74) is 6.50.